The molecule has 0 spiro atoms. The Balaban J connectivity index is 2.04. The highest BCUT2D eigenvalue weighted by Gasteiger charge is 2.27. The molecule has 126 valence electrons. The average molecular weight is 364 g/mol. The lowest BCUT2D eigenvalue weighted by Crippen LogP contribution is -2.25. The van der Waals surface area contributed by atoms with E-state index in [1.807, 2.05) is 37.4 Å². The molecule has 1 aliphatic heterocycles. The third kappa shape index (κ3) is 3.22. The quantitative estimate of drug-likeness (QED) is 0.207. The molecule has 0 bridgehead atoms. The van der Waals surface area contributed by atoms with Crippen LogP contribution >= 0.6 is 23.4 Å². The Morgan fingerprint density at radius 1 is 1.38 bits per heavy atom. The van der Waals surface area contributed by atoms with E-state index in [0.29, 0.717) is 11.8 Å². The summed E-state index contributed by atoms with van der Waals surface area (Å²) in [5.41, 5.74) is 2.97. The van der Waals surface area contributed by atoms with Gasteiger partial charge in [-0.1, -0.05) is 23.7 Å². The lowest BCUT2D eigenvalue weighted by atomic mass is 10.2. The van der Waals surface area contributed by atoms with Crippen molar-refractivity contribution in [3.8, 4) is 0 Å². The van der Waals surface area contributed by atoms with Crippen LogP contribution in [0.4, 0.5) is 22.9 Å². The zero-order valence-corrected chi connectivity index (χ0v) is 15.0. The van der Waals surface area contributed by atoms with Crippen LogP contribution in [0.25, 0.3) is 0 Å². The van der Waals surface area contributed by atoms with Crippen molar-refractivity contribution in [2.75, 3.05) is 34.6 Å². The predicted molar refractivity (Wildman–Crippen MR) is 101 cm³/mol. The molecule has 0 fully saturated rings. The molecule has 0 atom stereocenters. The van der Waals surface area contributed by atoms with Gasteiger partial charge in [-0.25, -0.2) is 4.98 Å². The van der Waals surface area contributed by atoms with Gasteiger partial charge in [0.25, 0.3) is 0 Å². The van der Waals surface area contributed by atoms with Gasteiger partial charge in [-0.3, -0.25) is 0 Å². The summed E-state index contributed by atoms with van der Waals surface area (Å²) in [5, 5.41) is 15.0. The number of nitrogens with one attached hydrogen (secondary N) is 1. The van der Waals surface area contributed by atoms with Crippen molar-refractivity contribution in [1.29, 1.82) is 0 Å². The number of pyridine rings is 1. The molecule has 1 aromatic heterocycles. The molecular weight excluding hydrogens is 346 g/mol. The minimum atomic E-state index is 0.475. The molecule has 1 aliphatic rings. The van der Waals surface area contributed by atoms with Crippen LogP contribution in [0.15, 0.2) is 40.4 Å². The monoisotopic (exact) mass is 363 g/mol. The SMILES string of the molecule is CCSc1ccc(Cl)nc1N1CN(C)c2ccc(NC=NO)cc21. The number of oxime groups is 1. The molecule has 6 nitrogen and oxygen atoms in total. The van der Waals surface area contributed by atoms with E-state index in [0.717, 1.165) is 33.5 Å². The van der Waals surface area contributed by atoms with Crippen LogP contribution in [0.3, 0.4) is 0 Å². The molecule has 3 rings (SSSR count). The van der Waals surface area contributed by atoms with Crippen molar-refractivity contribution in [2.24, 2.45) is 5.16 Å². The lowest BCUT2D eigenvalue weighted by Gasteiger charge is -2.21. The Hall–Kier alpha value is -2.12. The number of aromatic nitrogens is 1. The molecule has 1 aromatic carbocycles. The van der Waals surface area contributed by atoms with Crippen LogP contribution < -0.4 is 15.1 Å². The number of anilines is 4. The van der Waals surface area contributed by atoms with E-state index in [2.05, 4.69) is 32.2 Å². The van der Waals surface area contributed by atoms with Gasteiger partial charge in [-0.05, 0) is 36.1 Å². The van der Waals surface area contributed by atoms with Crippen LogP contribution in [0.2, 0.25) is 5.15 Å². The first-order chi connectivity index (χ1) is 11.6. The first kappa shape index (κ1) is 16.7. The Morgan fingerprint density at radius 2 is 2.21 bits per heavy atom. The maximum atomic E-state index is 8.58. The van der Waals surface area contributed by atoms with Crippen LogP contribution in [-0.2, 0) is 0 Å². The fourth-order valence-corrected chi connectivity index (χ4v) is 3.58. The average Bonchev–Trinajstić information content (AvgIpc) is 2.91. The minimum Gasteiger partial charge on any atom is -0.410 e. The van der Waals surface area contributed by atoms with E-state index in [9.17, 15) is 0 Å². The number of hydrogen-bond donors (Lipinski definition) is 2. The Labute approximate surface area is 150 Å². The smallest absolute Gasteiger partial charge is 0.150 e. The number of hydrogen-bond acceptors (Lipinski definition) is 6. The van der Waals surface area contributed by atoms with Gasteiger partial charge in [0.1, 0.15) is 17.3 Å². The van der Waals surface area contributed by atoms with Gasteiger partial charge in [-0.2, -0.15) is 0 Å². The maximum Gasteiger partial charge on any atom is 0.150 e. The zero-order valence-electron chi connectivity index (χ0n) is 13.4. The Morgan fingerprint density at radius 3 is 2.96 bits per heavy atom. The second kappa shape index (κ2) is 7.19. The largest absolute Gasteiger partial charge is 0.410 e. The first-order valence-corrected chi connectivity index (χ1v) is 8.85. The summed E-state index contributed by atoms with van der Waals surface area (Å²) in [4.78, 5) is 9.95. The van der Waals surface area contributed by atoms with Gasteiger partial charge in [0.05, 0.1) is 22.9 Å². The van der Waals surface area contributed by atoms with Crippen molar-refractivity contribution >= 4 is 52.6 Å². The Bertz CT molecular complexity index is 770. The van der Waals surface area contributed by atoms with E-state index in [1.165, 1.54) is 6.34 Å². The predicted octanol–water partition coefficient (Wildman–Crippen LogP) is 4.22. The fourth-order valence-electron chi connectivity index (χ4n) is 2.68. The summed E-state index contributed by atoms with van der Waals surface area (Å²) in [6, 6.07) is 9.80. The van der Waals surface area contributed by atoms with E-state index < -0.39 is 0 Å². The number of fused-ring (bicyclic) bond motifs is 1. The maximum absolute atomic E-state index is 8.58. The highest BCUT2D eigenvalue weighted by molar-refractivity contribution is 7.99. The Kier molecular flexibility index (Phi) is 5.01. The van der Waals surface area contributed by atoms with Crippen molar-refractivity contribution < 1.29 is 5.21 Å². The van der Waals surface area contributed by atoms with Crippen LogP contribution in [0.5, 0.6) is 0 Å². The van der Waals surface area contributed by atoms with Gasteiger partial charge in [0.2, 0.25) is 0 Å². The molecule has 0 saturated carbocycles. The van der Waals surface area contributed by atoms with E-state index in [1.54, 1.807) is 11.8 Å². The van der Waals surface area contributed by atoms with Gasteiger partial charge >= 0.3 is 0 Å². The molecule has 8 heteroatoms. The number of benzene rings is 1. The molecule has 2 heterocycles. The summed E-state index contributed by atoms with van der Waals surface area (Å²) in [7, 11) is 2.04. The molecule has 0 radical (unpaired) electrons. The molecule has 2 N–H and O–H groups in total. The molecule has 0 saturated heterocycles. The summed E-state index contributed by atoms with van der Waals surface area (Å²) < 4.78 is 0. The third-order valence-electron chi connectivity index (χ3n) is 3.68. The highest BCUT2D eigenvalue weighted by atomic mass is 35.5. The summed E-state index contributed by atoms with van der Waals surface area (Å²) in [6.07, 6.45) is 1.24. The molecule has 2 aromatic rings. The van der Waals surface area contributed by atoms with E-state index in [4.69, 9.17) is 16.8 Å². The van der Waals surface area contributed by atoms with E-state index >= 15 is 0 Å². The number of nitrogens with zero attached hydrogens (tertiary/aromatic N) is 4. The second-order valence-electron chi connectivity index (χ2n) is 5.25. The normalized spacial score (nSPS) is 13.6. The molecule has 0 unspecified atom stereocenters. The van der Waals surface area contributed by atoms with Crippen molar-refractivity contribution in [1.82, 2.24) is 4.98 Å². The summed E-state index contributed by atoms with van der Waals surface area (Å²) >= 11 is 7.88. The van der Waals surface area contributed by atoms with Crippen LogP contribution in [0.1, 0.15) is 6.92 Å². The van der Waals surface area contributed by atoms with Gasteiger partial charge in [0, 0.05) is 12.7 Å². The van der Waals surface area contributed by atoms with E-state index in [-0.39, 0.29) is 0 Å². The van der Waals surface area contributed by atoms with Crippen molar-refractivity contribution in [2.45, 2.75) is 11.8 Å². The third-order valence-corrected chi connectivity index (χ3v) is 4.81. The summed E-state index contributed by atoms with van der Waals surface area (Å²) in [6.45, 7) is 2.81. The van der Waals surface area contributed by atoms with Crippen LogP contribution in [-0.4, -0.2) is 36.0 Å². The molecule has 0 amide bonds. The molecule has 0 aliphatic carbocycles. The van der Waals surface area contributed by atoms with Gasteiger partial charge in [0.15, 0.2) is 0 Å². The topological polar surface area (TPSA) is 64.0 Å². The summed E-state index contributed by atoms with van der Waals surface area (Å²) in [5.74, 6) is 1.81. The van der Waals surface area contributed by atoms with Crippen LogP contribution in [0, 0.1) is 0 Å². The molecule has 24 heavy (non-hydrogen) atoms. The zero-order chi connectivity index (χ0) is 17.1. The second-order valence-corrected chi connectivity index (χ2v) is 6.94. The fraction of sp³-hybridized carbons (Fsp3) is 0.250. The van der Waals surface area contributed by atoms with Crippen molar-refractivity contribution in [3.63, 3.8) is 0 Å². The lowest BCUT2D eigenvalue weighted by molar-refractivity contribution is 0.321. The van der Waals surface area contributed by atoms with Crippen molar-refractivity contribution in [3.05, 3.63) is 35.5 Å². The molecular formula is C16H18ClN5OS. The standard InChI is InChI=1S/C16H18ClN5OS/c1-3-24-14-6-7-15(17)20-16(14)22-10-21(2)12-5-4-11(8-13(12)22)18-9-19-23/h4-9,23H,3,10H2,1-2H3,(H,18,19). The first-order valence-electron chi connectivity index (χ1n) is 7.48. The number of halogens is 1. The number of rotatable bonds is 5. The number of thioether (sulfide) groups is 1. The van der Waals surface area contributed by atoms with Gasteiger partial charge in [-0.15, -0.1) is 11.8 Å². The van der Waals surface area contributed by atoms with Gasteiger partial charge < -0.3 is 20.3 Å². The highest BCUT2D eigenvalue weighted by Crippen LogP contribution is 2.43. The minimum absolute atomic E-state index is 0.475.